The molecule has 0 atom stereocenters. The number of allylic oxidation sites excluding steroid dienone is 1. The molecule has 1 heterocycles. The van der Waals surface area contributed by atoms with Crippen molar-refractivity contribution >= 4 is 22.7 Å². The Morgan fingerprint density at radius 2 is 1.97 bits per heavy atom. The average molecular weight is 432 g/mol. The van der Waals surface area contributed by atoms with Crippen LogP contribution in [0.4, 0.5) is 0 Å². The SMILES string of the molecule is C=CCc1cc(C(=O)OCC(=O)c2cn(CCC#N)c3ccccc23)cc(OC)c1OC. The maximum Gasteiger partial charge on any atom is 0.338 e. The third kappa shape index (κ3) is 4.65. The molecule has 2 aromatic carbocycles. The summed E-state index contributed by atoms with van der Waals surface area (Å²) in [6.45, 7) is 3.79. The maximum absolute atomic E-state index is 12.9. The number of aromatic nitrogens is 1. The van der Waals surface area contributed by atoms with Crippen LogP contribution in [0.3, 0.4) is 0 Å². The summed E-state index contributed by atoms with van der Waals surface area (Å²) in [7, 11) is 3.00. The lowest BCUT2D eigenvalue weighted by molar-refractivity contribution is 0.0474. The van der Waals surface area contributed by atoms with Crippen molar-refractivity contribution in [2.45, 2.75) is 19.4 Å². The Bertz CT molecular complexity index is 1200. The number of rotatable bonds is 10. The Morgan fingerprint density at radius 1 is 1.19 bits per heavy atom. The zero-order valence-electron chi connectivity index (χ0n) is 18.1. The Morgan fingerprint density at radius 3 is 2.66 bits per heavy atom. The predicted molar refractivity (Wildman–Crippen MR) is 120 cm³/mol. The van der Waals surface area contributed by atoms with Crippen LogP contribution < -0.4 is 9.47 Å². The number of ether oxygens (including phenoxy) is 3. The molecule has 32 heavy (non-hydrogen) atoms. The van der Waals surface area contributed by atoms with Gasteiger partial charge in [-0.2, -0.15) is 5.26 Å². The van der Waals surface area contributed by atoms with Crippen LogP contribution in [-0.2, 0) is 17.7 Å². The Hall–Kier alpha value is -4.05. The molecule has 0 aliphatic rings. The van der Waals surface area contributed by atoms with Crippen molar-refractivity contribution in [1.29, 1.82) is 5.26 Å². The summed E-state index contributed by atoms with van der Waals surface area (Å²) in [5, 5.41) is 9.64. The van der Waals surface area contributed by atoms with E-state index < -0.39 is 12.6 Å². The van der Waals surface area contributed by atoms with Crippen molar-refractivity contribution in [3.8, 4) is 17.6 Å². The first-order valence-electron chi connectivity index (χ1n) is 10.0. The summed E-state index contributed by atoms with van der Waals surface area (Å²) in [6, 6.07) is 12.7. The highest BCUT2D eigenvalue weighted by Gasteiger charge is 2.20. The normalized spacial score (nSPS) is 10.4. The van der Waals surface area contributed by atoms with E-state index in [0.717, 1.165) is 16.5 Å². The van der Waals surface area contributed by atoms with Gasteiger partial charge in [0.25, 0.3) is 0 Å². The Labute approximate surface area is 186 Å². The highest BCUT2D eigenvalue weighted by Crippen LogP contribution is 2.33. The number of carbonyl (C=O) groups is 2. The van der Waals surface area contributed by atoms with E-state index in [2.05, 4.69) is 12.6 Å². The van der Waals surface area contributed by atoms with E-state index in [1.54, 1.807) is 18.3 Å². The highest BCUT2D eigenvalue weighted by atomic mass is 16.5. The number of esters is 1. The summed E-state index contributed by atoms with van der Waals surface area (Å²) >= 11 is 0. The molecule has 0 bridgehead atoms. The van der Waals surface area contributed by atoms with E-state index in [4.69, 9.17) is 19.5 Å². The molecule has 3 aromatic rings. The van der Waals surface area contributed by atoms with E-state index in [1.165, 1.54) is 20.3 Å². The third-order valence-electron chi connectivity index (χ3n) is 5.04. The van der Waals surface area contributed by atoms with Crippen LogP contribution in [0.5, 0.6) is 11.5 Å². The molecule has 0 saturated carbocycles. The number of methoxy groups -OCH3 is 2. The average Bonchev–Trinajstić information content (AvgIpc) is 3.19. The second-order valence-corrected chi connectivity index (χ2v) is 7.02. The quantitative estimate of drug-likeness (QED) is 0.269. The van der Waals surface area contributed by atoms with Crippen molar-refractivity contribution in [1.82, 2.24) is 4.57 Å². The van der Waals surface area contributed by atoms with E-state index >= 15 is 0 Å². The fraction of sp³-hybridized carbons (Fsp3) is 0.240. The number of ketones is 1. The lowest BCUT2D eigenvalue weighted by Crippen LogP contribution is -2.14. The number of Topliss-reactive ketones (excluding diaryl/α,β-unsaturated/α-hetero) is 1. The van der Waals surface area contributed by atoms with Crippen LogP contribution in [0.25, 0.3) is 10.9 Å². The molecule has 0 unspecified atom stereocenters. The van der Waals surface area contributed by atoms with Crippen LogP contribution in [-0.4, -0.2) is 37.1 Å². The zero-order chi connectivity index (χ0) is 23.1. The van der Waals surface area contributed by atoms with Crippen LogP contribution in [0.2, 0.25) is 0 Å². The Kier molecular flexibility index (Phi) is 7.29. The van der Waals surface area contributed by atoms with Crippen LogP contribution >= 0.6 is 0 Å². The van der Waals surface area contributed by atoms with Crippen molar-refractivity contribution in [2.24, 2.45) is 0 Å². The van der Waals surface area contributed by atoms with Crippen molar-refractivity contribution in [3.05, 3.63) is 71.9 Å². The molecule has 0 saturated heterocycles. The van der Waals surface area contributed by atoms with Crippen molar-refractivity contribution in [3.63, 3.8) is 0 Å². The monoisotopic (exact) mass is 432 g/mol. The number of hydrogen-bond acceptors (Lipinski definition) is 6. The van der Waals surface area contributed by atoms with Gasteiger partial charge in [-0.05, 0) is 24.6 Å². The van der Waals surface area contributed by atoms with Crippen LogP contribution in [0, 0.1) is 11.3 Å². The summed E-state index contributed by atoms with van der Waals surface area (Å²) in [5.74, 6) is -0.0502. The number of benzene rings is 2. The number of carbonyl (C=O) groups excluding carboxylic acids is 2. The number of nitriles is 1. The first kappa shape index (κ1) is 22.6. The van der Waals surface area contributed by atoms with Crippen LogP contribution in [0.15, 0.2) is 55.3 Å². The fourth-order valence-electron chi connectivity index (χ4n) is 3.58. The second-order valence-electron chi connectivity index (χ2n) is 7.02. The first-order valence-corrected chi connectivity index (χ1v) is 10.0. The summed E-state index contributed by atoms with van der Waals surface area (Å²) < 4.78 is 17.9. The molecule has 0 fully saturated rings. The van der Waals surface area contributed by atoms with Gasteiger partial charge >= 0.3 is 5.97 Å². The van der Waals surface area contributed by atoms with Gasteiger partial charge in [0, 0.05) is 34.8 Å². The van der Waals surface area contributed by atoms with Gasteiger partial charge in [-0.3, -0.25) is 4.79 Å². The molecule has 7 heteroatoms. The number of aryl methyl sites for hydroxylation is 1. The van der Waals surface area contributed by atoms with Gasteiger partial charge in [0.2, 0.25) is 5.78 Å². The summed E-state index contributed by atoms with van der Waals surface area (Å²) in [6.07, 6.45) is 4.20. The van der Waals surface area contributed by atoms with Gasteiger partial charge in [-0.15, -0.1) is 6.58 Å². The molecule has 0 spiro atoms. The van der Waals surface area contributed by atoms with E-state index in [1.807, 2.05) is 28.8 Å². The van der Waals surface area contributed by atoms with Gasteiger partial charge < -0.3 is 18.8 Å². The second kappa shape index (κ2) is 10.3. The van der Waals surface area contributed by atoms with Gasteiger partial charge in [0.15, 0.2) is 18.1 Å². The van der Waals surface area contributed by atoms with Crippen molar-refractivity contribution in [2.75, 3.05) is 20.8 Å². The highest BCUT2D eigenvalue weighted by molar-refractivity contribution is 6.09. The fourth-order valence-corrected chi connectivity index (χ4v) is 3.58. The number of para-hydroxylation sites is 1. The molecular formula is C25H24N2O5. The standard InChI is InChI=1S/C25H24N2O5/c1-4-8-17-13-18(14-23(30-2)24(17)31-3)25(29)32-16-22(28)20-15-27(12-7-11-26)21-10-6-5-9-19(20)21/h4-6,9-10,13-15H,1,7-8,12,16H2,2-3H3. The molecule has 0 radical (unpaired) electrons. The van der Waals surface area contributed by atoms with E-state index in [0.29, 0.717) is 36.4 Å². The zero-order valence-corrected chi connectivity index (χ0v) is 18.1. The lowest BCUT2D eigenvalue weighted by atomic mass is 10.1. The third-order valence-corrected chi connectivity index (χ3v) is 5.04. The molecule has 0 N–H and O–H groups in total. The van der Waals surface area contributed by atoms with Gasteiger partial charge in [0.05, 0.1) is 32.3 Å². The number of nitrogens with zero attached hydrogens (tertiary/aromatic N) is 2. The summed E-state index contributed by atoms with van der Waals surface area (Å²) in [4.78, 5) is 25.5. The molecule has 1 aromatic heterocycles. The number of fused-ring (bicyclic) bond motifs is 1. The van der Waals surface area contributed by atoms with Gasteiger partial charge in [0.1, 0.15) is 0 Å². The molecule has 7 nitrogen and oxygen atoms in total. The molecule has 164 valence electrons. The van der Waals surface area contributed by atoms with Gasteiger partial charge in [-0.25, -0.2) is 4.79 Å². The first-order chi connectivity index (χ1) is 15.5. The van der Waals surface area contributed by atoms with E-state index in [-0.39, 0.29) is 11.3 Å². The van der Waals surface area contributed by atoms with Crippen molar-refractivity contribution < 1.29 is 23.8 Å². The minimum atomic E-state index is -0.641. The molecular weight excluding hydrogens is 408 g/mol. The minimum Gasteiger partial charge on any atom is -0.493 e. The van der Waals surface area contributed by atoms with Crippen LogP contribution in [0.1, 0.15) is 32.7 Å². The Balaban J connectivity index is 1.81. The largest absolute Gasteiger partial charge is 0.493 e. The predicted octanol–water partition coefficient (Wildman–Crippen LogP) is 4.34. The molecule has 3 rings (SSSR count). The topological polar surface area (TPSA) is 90.6 Å². The van der Waals surface area contributed by atoms with Gasteiger partial charge in [-0.1, -0.05) is 24.3 Å². The summed E-state index contributed by atoms with van der Waals surface area (Å²) in [5.41, 5.74) is 2.28. The molecule has 0 aliphatic heterocycles. The van der Waals surface area contributed by atoms with E-state index in [9.17, 15) is 9.59 Å². The lowest BCUT2D eigenvalue weighted by Gasteiger charge is -2.14. The molecule has 0 aliphatic carbocycles. The molecule has 0 amide bonds. The maximum atomic E-state index is 12.9. The minimum absolute atomic E-state index is 0.253. The number of hydrogen-bond donors (Lipinski definition) is 0. The smallest absolute Gasteiger partial charge is 0.338 e.